The lowest BCUT2D eigenvalue weighted by atomic mass is 10.1. The van der Waals surface area contributed by atoms with Crippen molar-refractivity contribution in [3.8, 4) is 22.8 Å². The van der Waals surface area contributed by atoms with Crippen molar-refractivity contribution in [3.63, 3.8) is 0 Å². The summed E-state index contributed by atoms with van der Waals surface area (Å²) in [7, 11) is 0. The maximum Gasteiger partial charge on any atom is 0.184 e. The number of aliphatic hydroxyl groups excluding tert-OH is 1. The smallest absolute Gasteiger partial charge is 0.184 e. The number of hydrogen-bond acceptors (Lipinski definition) is 4. The minimum Gasteiger partial charge on any atom is -0.394 e. The Hall–Kier alpha value is -2.61. The minimum atomic E-state index is -0.632. The molecule has 1 N–H and O–H groups in total. The van der Waals surface area contributed by atoms with Crippen molar-refractivity contribution in [3.05, 3.63) is 42.0 Å². The minimum absolute atomic E-state index is 0.0134. The van der Waals surface area contributed by atoms with E-state index in [0.29, 0.717) is 17.9 Å². The molecule has 0 spiro atoms. The fourth-order valence-corrected chi connectivity index (χ4v) is 2.41. The van der Waals surface area contributed by atoms with Crippen LogP contribution in [0.15, 0.2) is 30.6 Å². The van der Waals surface area contributed by atoms with Crippen LogP contribution in [-0.2, 0) is 13.1 Å². The summed E-state index contributed by atoms with van der Waals surface area (Å²) in [4.78, 5) is 4.37. The quantitative estimate of drug-likeness (QED) is 0.751. The van der Waals surface area contributed by atoms with E-state index in [1.807, 2.05) is 6.92 Å². The summed E-state index contributed by atoms with van der Waals surface area (Å²) < 4.78 is 29.9. The van der Waals surface area contributed by atoms with E-state index in [0.717, 1.165) is 5.56 Å². The predicted octanol–water partition coefficient (Wildman–Crippen LogP) is 2.22. The Balaban J connectivity index is 2.05. The highest BCUT2D eigenvalue weighted by Crippen LogP contribution is 2.25. The SMILES string of the molecule is Cc1ccc(F)c(-c2nc(-c3cnn(CCO)c3)nn2CCF)c1. The van der Waals surface area contributed by atoms with Crippen molar-refractivity contribution >= 4 is 0 Å². The molecule has 0 amide bonds. The van der Waals surface area contributed by atoms with E-state index >= 15 is 0 Å². The fraction of sp³-hybridized carbons (Fsp3) is 0.312. The molecule has 0 bridgehead atoms. The van der Waals surface area contributed by atoms with Crippen molar-refractivity contribution in [1.29, 1.82) is 0 Å². The number of alkyl halides is 1. The average Bonchev–Trinajstić information content (AvgIpc) is 3.18. The van der Waals surface area contributed by atoms with Gasteiger partial charge in [0, 0.05) is 6.20 Å². The molecule has 0 aliphatic rings. The lowest BCUT2D eigenvalue weighted by Crippen LogP contribution is -2.05. The van der Waals surface area contributed by atoms with Crippen LogP contribution < -0.4 is 0 Å². The van der Waals surface area contributed by atoms with Crippen LogP contribution in [0, 0.1) is 12.7 Å². The Kier molecular flexibility index (Phi) is 4.66. The van der Waals surface area contributed by atoms with E-state index in [-0.39, 0.29) is 24.5 Å². The topological polar surface area (TPSA) is 68.8 Å². The van der Waals surface area contributed by atoms with Crippen LogP contribution in [0.25, 0.3) is 22.8 Å². The first-order chi connectivity index (χ1) is 11.6. The second-order valence-corrected chi connectivity index (χ2v) is 5.37. The first-order valence-corrected chi connectivity index (χ1v) is 7.53. The molecule has 0 aliphatic heterocycles. The summed E-state index contributed by atoms with van der Waals surface area (Å²) in [5.41, 5.74) is 1.78. The Labute approximate surface area is 137 Å². The van der Waals surface area contributed by atoms with Gasteiger partial charge in [-0.15, -0.1) is 0 Å². The molecule has 0 radical (unpaired) electrons. The summed E-state index contributed by atoms with van der Waals surface area (Å²) in [6.07, 6.45) is 3.24. The van der Waals surface area contributed by atoms with Gasteiger partial charge in [0.2, 0.25) is 0 Å². The summed E-state index contributed by atoms with van der Waals surface area (Å²) in [5.74, 6) is 0.179. The zero-order chi connectivity index (χ0) is 17.1. The van der Waals surface area contributed by atoms with Crippen molar-refractivity contribution in [2.45, 2.75) is 20.0 Å². The van der Waals surface area contributed by atoms with Crippen LogP contribution in [0.2, 0.25) is 0 Å². The summed E-state index contributed by atoms with van der Waals surface area (Å²) in [6, 6.07) is 4.68. The zero-order valence-corrected chi connectivity index (χ0v) is 13.2. The number of rotatable bonds is 6. The van der Waals surface area contributed by atoms with Crippen LogP contribution in [0.5, 0.6) is 0 Å². The second kappa shape index (κ2) is 6.88. The molecule has 0 unspecified atom stereocenters. The van der Waals surface area contributed by atoms with Gasteiger partial charge in [0.05, 0.1) is 37.0 Å². The summed E-state index contributed by atoms with van der Waals surface area (Å²) in [6.45, 7) is 1.52. The molecule has 0 saturated carbocycles. The van der Waals surface area contributed by atoms with Gasteiger partial charge in [0.15, 0.2) is 11.6 Å². The van der Waals surface area contributed by atoms with Crippen molar-refractivity contribution < 1.29 is 13.9 Å². The van der Waals surface area contributed by atoms with E-state index < -0.39 is 12.5 Å². The molecule has 3 aromatic rings. The molecule has 126 valence electrons. The second-order valence-electron chi connectivity index (χ2n) is 5.37. The first kappa shape index (κ1) is 16.3. The molecule has 8 heteroatoms. The van der Waals surface area contributed by atoms with Gasteiger partial charge in [-0.2, -0.15) is 10.2 Å². The molecule has 0 aliphatic carbocycles. The van der Waals surface area contributed by atoms with Crippen molar-refractivity contribution in [1.82, 2.24) is 24.5 Å². The van der Waals surface area contributed by atoms with Crippen LogP contribution in [0.4, 0.5) is 8.78 Å². The molecule has 3 rings (SSSR count). The lowest BCUT2D eigenvalue weighted by Gasteiger charge is -2.05. The predicted molar refractivity (Wildman–Crippen MR) is 84.4 cm³/mol. The van der Waals surface area contributed by atoms with E-state index in [2.05, 4.69) is 15.2 Å². The monoisotopic (exact) mass is 333 g/mol. The number of hydrogen-bond donors (Lipinski definition) is 1. The fourth-order valence-electron chi connectivity index (χ4n) is 2.41. The largest absolute Gasteiger partial charge is 0.394 e. The third-order valence-electron chi connectivity index (χ3n) is 3.55. The van der Waals surface area contributed by atoms with Crippen molar-refractivity contribution in [2.24, 2.45) is 0 Å². The van der Waals surface area contributed by atoms with Crippen molar-refractivity contribution in [2.75, 3.05) is 13.3 Å². The average molecular weight is 333 g/mol. The summed E-state index contributed by atoms with van der Waals surface area (Å²) >= 11 is 0. The van der Waals surface area contributed by atoms with Crippen LogP contribution in [0.3, 0.4) is 0 Å². The number of aliphatic hydroxyl groups is 1. The molecule has 0 fully saturated rings. The van der Waals surface area contributed by atoms with E-state index in [1.54, 1.807) is 29.2 Å². The maximum atomic E-state index is 14.2. The van der Waals surface area contributed by atoms with Gasteiger partial charge in [0.25, 0.3) is 0 Å². The van der Waals surface area contributed by atoms with Gasteiger partial charge in [-0.05, 0) is 19.1 Å². The highest BCUT2D eigenvalue weighted by atomic mass is 19.1. The Morgan fingerprint density at radius 3 is 2.83 bits per heavy atom. The van der Waals surface area contributed by atoms with Crippen LogP contribution >= 0.6 is 0 Å². The number of aryl methyl sites for hydroxylation is 2. The normalized spacial score (nSPS) is 11.2. The highest BCUT2D eigenvalue weighted by Gasteiger charge is 2.17. The summed E-state index contributed by atoms with van der Waals surface area (Å²) in [5, 5.41) is 17.3. The van der Waals surface area contributed by atoms with Crippen LogP contribution in [-0.4, -0.2) is 42.9 Å². The van der Waals surface area contributed by atoms with E-state index in [4.69, 9.17) is 5.11 Å². The number of halogens is 2. The molecule has 2 heterocycles. The molecule has 0 saturated heterocycles. The number of benzene rings is 1. The molecule has 2 aromatic heterocycles. The molecule has 6 nitrogen and oxygen atoms in total. The molecular weight excluding hydrogens is 316 g/mol. The Morgan fingerprint density at radius 1 is 1.25 bits per heavy atom. The number of nitrogens with zero attached hydrogens (tertiary/aromatic N) is 5. The molecule has 24 heavy (non-hydrogen) atoms. The maximum absolute atomic E-state index is 14.2. The van der Waals surface area contributed by atoms with E-state index in [9.17, 15) is 8.78 Å². The highest BCUT2D eigenvalue weighted by molar-refractivity contribution is 5.62. The molecular formula is C16H17F2N5O. The standard InChI is InChI=1S/C16H17F2N5O/c1-11-2-3-14(18)13(8-11)16-20-15(21-23(16)5-4-17)12-9-19-22(10-12)6-7-24/h2-3,8-10,24H,4-7H2,1H3. The first-order valence-electron chi connectivity index (χ1n) is 7.53. The van der Waals surface area contributed by atoms with Gasteiger partial charge in [-0.25, -0.2) is 18.4 Å². The lowest BCUT2D eigenvalue weighted by molar-refractivity contribution is 0.269. The van der Waals surface area contributed by atoms with Crippen LogP contribution in [0.1, 0.15) is 5.56 Å². The Morgan fingerprint density at radius 2 is 2.08 bits per heavy atom. The molecule has 0 atom stereocenters. The van der Waals surface area contributed by atoms with E-state index in [1.165, 1.54) is 10.7 Å². The third-order valence-corrected chi connectivity index (χ3v) is 3.55. The zero-order valence-electron chi connectivity index (χ0n) is 13.2. The van der Waals surface area contributed by atoms with Gasteiger partial charge in [-0.1, -0.05) is 11.6 Å². The molecule has 1 aromatic carbocycles. The van der Waals surface area contributed by atoms with Gasteiger partial charge >= 0.3 is 0 Å². The number of aromatic nitrogens is 5. The Bertz CT molecular complexity index is 843. The van der Waals surface area contributed by atoms with Gasteiger partial charge in [0.1, 0.15) is 12.5 Å². The van der Waals surface area contributed by atoms with Gasteiger partial charge < -0.3 is 5.11 Å². The van der Waals surface area contributed by atoms with Gasteiger partial charge in [-0.3, -0.25) is 4.68 Å². The third kappa shape index (κ3) is 3.18.